The van der Waals surface area contributed by atoms with E-state index in [9.17, 15) is 5.11 Å². The Kier molecular flexibility index (Phi) is 5.27. The number of pyridine rings is 1. The van der Waals surface area contributed by atoms with E-state index in [1.54, 1.807) is 48.6 Å². The van der Waals surface area contributed by atoms with Crippen LogP contribution in [-0.2, 0) is 0 Å². The number of phenols is 1. The Bertz CT molecular complexity index is 1450. The highest BCUT2D eigenvalue weighted by molar-refractivity contribution is 7.07. The number of fused-ring (bicyclic) bond motifs is 1. The van der Waals surface area contributed by atoms with Crippen LogP contribution in [-0.4, -0.2) is 28.1 Å². The number of aromatic nitrogens is 2. The number of thiazole rings is 1. The Labute approximate surface area is 187 Å². The smallest absolute Gasteiger partial charge is 0.211 e. The molecule has 0 atom stereocenters. The minimum absolute atomic E-state index is 0.0985. The summed E-state index contributed by atoms with van der Waals surface area (Å²) in [6.07, 6.45) is 4.95. The number of methoxy groups -OCH3 is 1. The molecule has 0 radical (unpaired) electrons. The molecule has 8 heteroatoms. The molecule has 0 aliphatic carbocycles. The Morgan fingerprint density at radius 1 is 1.12 bits per heavy atom. The first kappa shape index (κ1) is 19.8. The lowest BCUT2D eigenvalue weighted by molar-refractivity contribution is 0.412. The lowest BCUT2D eigenvalue weighted by Gasteiger charge is -2.04. The second-order valence-electron chi connectivity index (χ2n) is 6.86. The van der Waals surface area contributed by atoms with Crippen LogP contribution < -0.4 is 9.54 Å². The fourth-order valence-corrected chi connectivity index (χ4v) is 4.02. The Morgan fingerprint density at radius 2 is 2.03 bits per heavy atom. The van der Waals surface area contributed by atoms with Crippen LogP contribution in [0.4, 0.5) is 5.69 Å². The molecule has 158 valence electrons. The van der Waals surface area contributed by atoms with E-state index < -0.39 is 0 Å². The topological polar surface area (TPSA) is 85.1 Å². The first-order valence-corrected chi connectivity index (χ1v) is 10.6. The Balaban J connectivity index is 1.66. The number of ether oxygens (including phenoxy) is 1. The van der Waals surface area contributed by atoms with Gasteiger partial charge in [-0.15, -0.1) is 11.3 Å². The molecule has 2 aromatic carbocycles. The molecule has 0 saturated heterocycles. The molecular weight excluding hydrogens is 424 g/mol. The van der Waals surface area contributed by atoms with Crippen molar-refractivity contribution in [2.24, 2.45) is 10.1 Å². The van der Waals surface area contributed by atoms with Crippen LogP contribution in [0.5, 0.6) is 11.5 Å². The van der Waals surface area contributed by atoms with Crippen molar-refractivity contribution in [1.29, 1.82) is 0 Å². The van der Waals surface area contributed by atoms with Crippen molar-refractivity contribution in [1.82, 2.24) is 9.66 Å². The van der Waals surface area contributed by atoms with Crippen molar-refractivity contribution in [3.8, 4) is 23.0 Å². The van der Waals surface area contributed by atoms with Gasteiger partial charge in [0.25, 0.3) is 0 Å². The Morgan fingerprint density at radius 3 is 2.84 bits per heavy atom. The monoisotopic (exact) mass is 442 g/mol. The first-order chi connectivity index (χ1) is 15.7. The van der Waals surface area contributed by atoms with E-state index in [0.29, 0.717) is 27.6 Å². The zero-order valence-corrected chi connectivity index (χ0v) is 17.9. The molecule has 0 fully saturated rings. The number of phenolic OH excluding ortho intramolecular Hbond substituents is 1. The molecule has 7 nitrogen and oxygen atoms in total. The molecule has 0 unspecified atom stereocenters. The number of hydrogen-bond donors (Lipinski definition) is 1. The van der Waals surface area contributed by atoms with Gasteiger partial charge < -0.3 is 14.3 Å². The van der Waals surface area contributed by atoms with Gasteiger partial charge in [0.2, 0.25) is 4.80 Å². The molecule has 3 heterocycles. The zero-order valence-electron chi connectivity index (χ0n) is 17.0. The van der Waals surface area contributed by atoms with Crippen molar-refractivity contribution in [3.63, 3.8) is 0 Å². The van der Waals surface area contributed by atoms with Gasteiger partial charge in [-0.25, -0.2) is 9.67 Å². The first-order valence-electron chi connectivity index (χ1n) is 9.77. The number of benzene rings is 2. The highest BCUT2D eigenvalue weighted by atomic mass is 32.1. The maximum Gasteiger partial charge on any atom is 0.211 e. The summed E-state index contributed by atoms with van der Waals surface area (Å²) in [5.74, 6) is 1.39. The molecule has 5 aromatic rings. The number of furan rings is 1. The fourth-order valence-electron chi connectivity index (χ4n) is 3.18. The van der Waals surface area contributed by atoms with Crippen molar-refractivity contribution in [2.45, 2.75) is 0 Å². The van der Waals surface area contributed by atoms with E-state index in [2.05, 4.69) is 15.1 Å². The lowest BCUT2D eigenvalue weighted by Crippen LogP contribution is -2.11. The number of hydrogen-bond acceptors (Lipinski definition) is 7. The number of nitrogens with zero attached hydrogens (tertiary/aromatic N) is 4. The van der Waals surface area contributed by atoms with E-state index in [4.69, 9.17) is 9.15 Å². The van der Waals surface area contributed by atoms with Gasteiger partial charge in [-0.05, 0) is 42.5 Å². The highest BCUT2D eigenvalue weighted by Crippen LogP contribution is 2.28. The molecular formula is C24H18N4O3S. The molecule has 0 bridgehead atoms. The molecule has 5 rings (SSSR count). The summed E-state index contributed by atoms with van der Waals surface area (Å²) in [7, 11) is 1.57. The normalized spacial score (nSPS) is 12.1. The van der Waals surface area contributed by atoms with Gasteiger partial charge in [0.1, 0.15) is 22.8 Å². The van der Waals surface area contributed by atoms with E-state index in [1.165, 1.54) is 11.3 Å². The van der Waals surface area contributed by atoms with Crippen LogP contribution in [0, 0.1) is 0 Å². The predicted molar refractivity (Wildman–Crippen MR) is 125 cm³/mol. The van der Waals surface area contributed by atoms with E-state index in [1.807, 2.05) is 47.8 Å². The van der Waals surface area contributed by atoms with Gasteiger partial charge >= 0.3 is 0 Å². The molecule has 0 saturated carbocycles. The number of para-hydroxylation sites is 1. The van der Waals surface area contributed by atoms with E-state index in [-0.39, 0.29) is 5.75 Å². The molecule has 32 heavy (non-hydrogen) atoms. The molecule has 1 N–H and O–H groups in total. The highest BCUT2D eigenvalue weighted by Gasteiger charge is 2.13. The van der Waals surface area contributed by atoms with Gasteiger partial charge in [-0.2, -0.15) is 5.10 Å². The third-order valence-corrected chi connectivity index (χ3v) is 5.60. The third kappa shape index (κ3) is 3.91. The zero-order chi connectivity index (χ0) is 21.9. The summed E-state index contributed by atoms with van der Waals surface area (Å²) in [4.78, 5) is 9.44. The summed E-state index contributed by atoms with van der Waals surface area (Å²) in [6, 6.07) is 18.5. The van der Waals surface area contributed by atoms with E-state index >= 15 is 0 Å². The summed E-state index contributed by atoms with van der Waals surface area (Å²) < 4.78 is 13.0. The average Bonchev–Trinajstić information content (AvgIpc) is 3.43. The largest absolute Gasteiger partial charge is 0.507 e. The van der Waals surface area contributed by atoms with Crippen LogP contribution in [0.25, 0.3) is 22.4 Å². The maximum absolute atomic E-state index is 10.2. The minimum Gasteiger partial charge on any atom is -0.507 e. The molecule has 0 spiro atoms. The van der Waals surface area contributed by atoms with Gasteiger partial charge in [-0.1, -0.05) is 18.2 Å². The standard InChI is InChI=1S/C24H18N4O3S/c1-30-19-8-9-21(29)17(11-19)13-26-28-20(23-12-16-5-2-3-7-22(16)31-23)15-32-24(28)27-18-6-4-10-25-14-18/h2-15,29H,1H3. The van der Waals surface area contributed by atoms with Crippen molar-refractivity contribution < 1.29 is 14.3 Å². The summed E-state index contributed by atoms with van der Waals surface area (Å²) in [5.41, 5.74) is 2.76. The van der Waals surface area contributed by atoms with Gasteiger partial charge in [0.15, 0.2) is 5.76 Å². The summed E-state index contributed by atoms with van der Waals surface area (Å²) >= 11 is 1.43. The van der Waals surface area contributed by atoms with Crippen LogP contribution in [0.3, 0.4) is 0 Å². The van der Waals surface area contributed by atoms with Gasteiger partial charge in [0, 0.05) is 22.5 Å². The number of rotatable bonds is 5. The molecule has 0 aliphatic rings. The third-order valence-electron chi connectivity index (χ3n) is 4.78. The quantitative estimate of drug-likeness (QED) is 0.380. The Hall–Kier alpha value is -4.17. The van der Waals surface area contributed by atoms with E-state index in [0.717, 1.165) is 16.7 Å². The second-order valence-corrected chi connectivity index (χ2v) is 7.69. The lowest BCUT2D eigenvalue weighted by atomic mass is 10.2. The average molecular weight is 443 g/mol. The second kappa shape index (κ2) is 8.52. The minimum atomic E-state index is 0.0985. The van der Waals surface area contributed by atoms with Gasteiger partial charge in [0.05, 0.1) is 25.2 Å². The van der Waals surface area contributed by atoms with Crippen LogP contribution >= 0.6 is 11.3 Å². The predicted octanol–water partition coefficient (Wildman–Crippen LogP) is 5.19. The van der Waals surface area contributed by atoms with Crippen molar-refractivity contribution >= 4 is 34.2 Å². The number of aromatic hydroxyl groups is 1. The van der Waals surface area contributed by atoms with Crippen LogP contribution in [0.15, 0.2) is 92.9 Å². The van der Waals surface area contributed by atoms with Crippen LogP contribution in [0.1, 0.15) is 5.56 Å². The molecule has 0 amide bonds. The summed E-state index contributed by atoms with van der Waals surface area (Å²) in [5, 5.41) is 17.8. The molecule has 0 aliphatic heterocycles. The summed E-state index contributed by atoms with van der Waals surface area (Å²) in [6.45, 7) is 0. The SMILES string of the molecule is COc1ccc(O)c(C=Nn2c(-c3cc4ccccc4o3)csc2=Nc2cccnc2)c1. The molecule has 3 aromatic heterocycles. The van der Waals surface area contributed by atoms with Crippen molar-refractivity contribution in [2.75, 3.05) is 7.11 Å². The van der Waals surface area contributed by atoms with Crippen molar-refractivity contribution in [3.05, 3.63) is 88.8 Å². The van der Waals surface area contributed by atoms with Crippen LogP contribution in [0.2, 0.25) is 0 Å². The fraction of sp³-hybridized carbons (Fsp3) is 0.0417. The maximum atomic E-state index is 10.2. The van der Waals surface area contributed by atoms with Gasteiger partial charge in [-0.3, -0.25) is 4.98 Å².